The van der Waals surface area contributed by atoms with Crippen LogP contribution in [0.15, 0.2) is 30.7 Å². The fraction of sp³-hybridized carbons (Fsp3) is 0.400. The molecule has 0 aliphatic carbocycles. The van der Waals surface area contributed by atoms with Crippen molar-refractivity contribution in [3.8, 4) is 0 Å². The highest BCUT2D eigenvalue weighted by Gasteiger charge is 2.24. The zero-order valence-electron chi connectivity index (χ0n) is 12.6. The Hall–Kier alpha value is -2.61. The van der Waals surface area contributed by atoms with E-state index >= 15 is 0 Å². The molecule has 23 heavy (non-hydrogen) atoms. The fourth-order valence-corrected chi connectivity index (χ4v) is 2.65. The van der Waals surface area contributed by atoms with Crippen LogP contribution < -0.4 is 5.32 Å². The lowest BCUT2D eigenvalue weighted by Gasteiger charge is -2.31. The van der Waals surface area contributed by atoms with Gasteiger partial charge in [-0.2, -0.15) is 0 Å². The quantitative estimate of drug-likeness (QED) is 0.856. The van der Waals surface area contributed by atoms with Gasteiger partial charge in [0.25, 0.3) is 0 Å². The van der Waals surface area contributed by atoms with E-state index in [1.54, 1.807) is 29.6 Å². The van der Waals surface area contributed by atoms with Crippen LogP contribution >= 0.6 is 0 Å². The van der Waals surface area contributed by atoms with E-state index in [9.17, 15) is 4.79 Å². The fourth-order valence-electron chi connectivity index (χ4n) is 2.65. The van der Waals surface area contributed by atoms with Gasteiger partial charge in [-0.3, -0.25) is 10.1 Å². The molecule has 8 heteroatoms. The van der Waals surface area contributed by atoms with Crippen molar-refractivity contribution in [1.29, 1.82) is 0 Å². The highest BCUT2D eigenvalue weighted by Crippen LogP contribution is 2.27. The number of likely N-dealkylation sites (tertiary alicyclic amines) is 1. The average Bonchev–Trinajstić information content (AvgIpc) is 2.62. The van der Waals surface area contributed by atoms with Gasteiger partial charge < -0.3 is 10.0 Å². The van der Waals surface area contributed by atoms with Gasteiger partial charge in [0.05, 0.1) is 0 Å². The Kier molecular flexibility index (Phi) is 4.72. The average molecular weight is 314 g/mol. The Bertz CT molecular complexity index is 658. The molecule has 1 amide bonds. The standard InChI is InChI=1S/C15H18N6O2/c22-10-13(23)21-8-3-11(4-9-21)12-2-7-18-15(19-12)20-14-16-5-1-6-17-14/h1-2,5-7,11,22H,3-4,8-10H2,(H,16,17,18,19,20). The van der Waals surface area contributed by atoms with Crippen molar-refractivity contribution >= 4 is 17.8 Å². The van der Waals surface area contributed by atoms with E-state index in [1.165, 1.54) is 0 Å². The summed E-state index contributed by atoms with van der Waals surface area (Å²) in [7, 11) is 0. The topological polar surface area (TPSA) is 104 Å². The van der Waals surface area contributed by atoms with E-state index in [-0.39, 0.29) is 11.8 Å². The number of rotatable bonds is 4. The molecule has 2 N–H and O–H groups in total. The maximum absolute atomic E-state index is 11.5. The van der Waals surface area contributed by atoms with Gasteiger partial charge >= 0.3 is 0 Å². The Morgan fingerprint density at radius 1 is 1.17 bits per heavy atom. The first-order valence-corrected chi connectivity index (χ1v) is 7.52. The summed E-state index contributed by atoms with van der Waals surface area (Å²) in [6.45, 7) is 0.848. The first-order chi connectivity index (χ1) is 11.3. The molecule has 0 radical (unpaired) electrons. The molecule has 0 atom stereocenters. The van der Waals surface area contributed by atoms with Gasteiger partial charge in [-0.05, 0) is 25.0 Å². The minimum atomic E-state index is -0.427. The third-order valence-electron chi connectivity index (χ3n) is 3.87. The SMILES string of the molecule is O=C(CO)N1CCC(c2ccnc(Nc3ncccn3)n2)CC1. The van der Waals surface area contributed by atoms with Gasteiger partial charge in [0, 0.05) is 43.3 Å². The van der Waals surface area contributed by atoms with Crippen LogP contribution in [-0.2, 0) is 4.79 Å². The molecule has 0 aromatic carbocycles. The number of aliphatic hydroxyl groups is 1. The van der Waals surface area contributed by atoms with Crippen molar-refractivity contribution in [2.24, 2.45) is 0 Å². The number of amides is 1. The van der Waals surface area contributed by atoms with Crippen molar-refractivity contribution in [3.63, 3.8) is 0 Å². The first kappa shape index (κ1) is 15.3. The summed E-state index contributed by atoms with van der Waals surface area (Å²) in [6, 6.07) is 3.63. The van der Waals surface area contributed by atoms with Crippen LogP contribution in [0.3, 0.4) is 0 Å². The van der Waals surface area contributed by atoms with E-state index in [1.807, 2.05) is 6.07 Å². The maximum Gasteiger partial charge on any atom is 0.248 e. The van der Waals surface area contributed by atoms with Gasteiger partial charge in [0.15, 0.2) is 0 Å². The smallest absolute Gasteiger partial charge is 0.248 e. The maximum atomic E-state index is 11.5. The van der Waals surface area contributed by atoms with Crippen LogP contribution in [0.1, 0.15) is 24.5 Å². The summed E-state index contributed by atoms with van der Waals surface area (Å²) in [4.78, 5) is 30.1. The molecular weight excluding hydrogens is 296 g/mol. The minimum Gasteiger partial charge on any atom is -0.387 e. The zero-order chi connectivity index (χ0) is 16.1. The van der Waals surface area contributed by atoms with Gasteiger partial charge in [0.1, 0.15) is 6.61 Å². The molecule has 1 saturated heterocycles. The molecule has 0 bridgehead atoms. The van der Waals surface area contributed by atoms with Crippen LogP contribution in [0.2, 0.25) is 0 Å². The molecule has 120 valence electrons. The van der Waals surface area contributed by atoms with Crippen LogP contribution in [0.5, 0.6) is 0 Å². The summed E-state index contributed by atoms with van der Waals surface area (Å²) in [6.07, 6.45) is 6.65. The Labute approximate surface area is 133 Å². The van der Waals surface area contributed by atoms with Gasteiger partial charge in [-0.1, -0.05) is 0 Å². The van der Waals surface area contributed by atoms with Gasteiger partial charge in [-0.25, -0.2) is 19.9 Å². The second kappa shape index (κ2) is 7.10. The molecule has 3 rings (SSSR count). The van der Waals surface area contributed by atoms with Crippen molar-refractivity contribution in [3.05, 3.63) is 36.4 Å². The number of aliphatic hydroxyl groups excluding tert-OH is 1. The number of carbonyl (C=O) groups excluding carboxylic acids is 1. The van der Waals surface area contributed by atoms with E-state index < -0.39 is 6.61 Å². The van der Waals surface area contributed by atoms with E-state index in [0.717, 1.165) is 18.5 Å². The van der Waals surface area contributed by atoms with E-state index in [2.05, 4.69) is 25.3 Å². The molecule has 1 fully saturated rings. The second-order valence-electron chi connectivity index (χ2n) is 5.32. The van der Waals surface area contributed by atoms with Crippen LogP contribution in [-0.4, -0.2) is 55.5 Å². The monoisotopic (exact) mass is 314 g/mol. The molecule has 2 aromatic heterocycles. The van der Waals surface area contributed by atoms with Crippen LogP contribution in [0, 0.1) is 0 Å². The summed E-state index contributed by atoms with van der Waals surface area (Å²) in [5.74, 6) is 0.975. The molecule has 0 spiro atoms. The van der Waals surface area contributed by atoms with E-state index in [0.29, 0.717) is 25.0 Å². The molecule has 8 nitrogen and oxygen atoms in total. The Morgan fingerprint density at radius 3 is 2.57 bits per heavy atom. The molecule has 0 unspecified atom stereocenters. The molecular formula is C15H18N6O2. The summed E-state index contributed by atoms with van der Waals surface area (Å²) in [5, 5.41) is 11.9. The molecule has 0 saturated carbocycles. The highest BCUT2D eigenvalue weighted by atomic mass is 16.3. The number of aromatic nitrogens is 4. The largest absolute Gasteiger partial charge is 0.387 e. The zero-order valence-corrected chi connectivity index (χ0v) is 12.6. The van der Waals surface area contributed by atoms with Crippen molar-refractivity contribution in [2.45, 2.75) is 18.8 Å². The summed E-state index contributed by atoms with van der Waals surface area (Å²) >= 11 is 0. The Balaban J connectivity index is 1.65. The predicted octanol–water partition coefficient (Wildman–Crippen LogP) is 0.708. The number of piperidine rings is 1. The van der Waals surface area contributed by atoms with Crippen LogP contribution in [0.4, 0.5) is 11.9 Å². The first-order valence-electron chi connectivity index (χ1n) is 7.52. The van der Waals surface area contributed by atoms with Gasteiger partial charge in [-0.15, -0.1) is 0 Å². The third kappa shape index (κ3) is 3.78. The minimum absolute atomic E-state index is 0.213. The van der Waals surface area contributed by atoms with Crippen molar-refractivity contribution in [2.75, 3.05) is 25.0 Å². The lowest BCUT2D eigenvalue weighted by molar-refractivity contribution is -0.135. The third-order valence-corrected chi connectivity index (χ3v) is 3.87. The summed E-state index contributed by atoms with van der Waals surface area (Å²) in [5.41, 5.74) is 0.939. The molecule has 3 heterocycles. The van der Waals surface area contributed by atoms with E-state index in [4.69, 9.17) is 5.11 Å². The number of hydrogen-bond acceptors (Lipinski definition) is 7. The normalized spacial score (nSPS) is 15.4. The molecule has 2 aromatic rings. The number of anilines is 2. The second-order valence-corrected chi connectivity index (χ2v) is 5.32. The summed E-state index contributed by atoms with van der Waals surface area (Å²) < 4.78 is 0. The lowest BCUT2D eigenvalue weighted by Crippen LogP contribution is -2.39. The number of carbonyl (C=O) groups is 1. The number of nitrogens with one attached hydrogen (secondary N) is 1. The molecule has 1 aliphatic heterocycles. The predicted molar refractivity (Wildman–Crippen MR) is 83.0 cm³/mol. The van der Waals surface area contributed by atoms with Gasteiger partial charge in [0.2, 0.25) is 17.8 Å². The van der Waals surface area contributed by atoms with Crippen LogP contribution in [0.25, 0.3) is 0 Å². The lowest BCUT2D eigenvalue weighted by atomic mass is 9.93. The number of hydrogen-bond donors (Lipinski definition) is 2. The Morgan fingerprint density at radius 2 is 1.87 bits per heavy atom. The molecule has 1 aliphatic rings. The highest BCUT2D eigenvalue weighted by molar-refractivity contribution is 5.77. The number of nitrogens with zero attached hydrogens (tertiary/aromatic N) is 5. The van der Waals surface area contributed by atoms with Crippen molar-refractivity contribution < 1.29 is 9.90 Å². The van der Waals surface area contributed by atoms with Crippen molar-refractivity contribution in [1.82, 2.24) is 24.8 Å².